The summed E-state index contributed by atoms with van der Waals surface area (Å²) in [5.41, 5.74) is 1.35. The van der Waals surface area contributed by atoms with E-state index in [1.807, 2.05) is 13.0 Å². The van der Waals surface area contributed by atoms with Gasteiger partial charge < -0.3 is 9.64 Å². The molecule has 1 fully saturated rings. The van der Waals surface area contributed by atoms with E-state index in [4.69, 9.17) is 4.74 Å². The molecule has 0 saturated carbocycles. The van der Waals surface area contributed by atoms with E-state index in [0.717, 1.165) is 30.4 Å². The summed E-state index contributed by atoms with van der Waals surface area (Å²) in [7, 11) is 0. The standard InChI is InChI=1S/C14H18BrNO2/c1-2-18-14(17)16-8-6-11(7-9-16)12-4-3-5-13(15)10-12/h3-5,10-11H,2,6-9H2,1H3. The molecular weight excluding hydrogens is 294 g/mol. The van der Waals surface area contributed by atoms with Crippen LogP contribution in [0.5, 0.6) is 0 Å². The molecule has 0 aromatic heterocycles. The molecule has 18 heavy (non-hydrogen) atoms. The molecule has 1 aliphatic rings. The highest BCUT2D eigenvalue weighted by atomic mass is 79.9. The zero-order valence-electron chi connectivity index (χ0n) is 10.6. The van der Waals surface area contributed by atoms with Crippen LogP contribution in [0, 0.1) is 0 Å². The molecule has 1 aromatic carbocycles. The first-order chi connectivity index (χ1) is 8.70. The second kappa shape index (κ2) is 6.23. The van der Waals surface area contributed by atoms with Gasteiger partial charge in [0.15, 0.2) is 0 Å². The number of carbonyl (C=O) groups is 1. The minimum Gasteiger partial charge on any atom is -0.450 e. The summed E-state index contributed by atoms with van der Waals surface area (Å²) in [6, 6.07) is 8.44. The molecule has 1 aromatic rings. The normalized spacial score (nSPS) is 16.7. The van der Waals surface area contributed by atoms with Crippen LogP contribution in [0.2, 0.25) is 0 Å². The molecular formula is C14H18BrNO2. The predicted molar refractivity (Wildman–Crippen MR) is 74.7 cm³/mol. The molecule has 0 aliphatic carbocycles. The predicted octanol–water partition coefficient (Wildman–Crippen LogP) is 3.79. The highest BCUT2D eigenvalue weighted by Gasteiger charge is 2.24. The average molecular weight is 312 g/mol. The topological polar surface area (TPSA) is 29.5 Å². The summed E-state index contributed by atoms with van der Waals surface area (Å²) in [5, 5.41) is 0. The molecule has 0 bridgehead atoms. The molecule has 0 atom stereocenters. The third kappa shape index (κ3) is 3.25. The van der Waals surface area contributed by atoms with E-state index >= 15 is 0 Å². The fourth-order valence-electron chi connectivity index (χ4n) is 2.37. The van der Waals surface area contributed by atoms with E-state index in [9.17, 15) is 4.79 Å². The average Bonchev–Trinajstić information content (AvgIpc) is 2.39. The molecule has 1 aliphatic heterocycles. The summed E-state index contributed by atoms with van der Waals surface area (Å²) in [6.07, 6.45) is 1.84. The van der Waals surface area contributed by atoms with Crippen LogP contribution >= 0.6 is 15.9 Å². The SMILES string of the molecule is CCOC(=O)N1CCC(c2cccc(Br)c2)CC1. The Morgan fingerprint density at radius 2 is 2.17 bits per heavy atom. The molecule has 0 unspecified atom stereocenters. The van der Waals surface area contributed by atoms with Gasteiger partial charge in [0.05, 0.1) is 6.61 Å². The number of carbonyl (C=O) groups excluding carboxylic acids is 1. The third-order valence-corrected chi connectivity index (χ3v) is 3.83. The second-order valence-corrected chi connectivity index (χ2v) is 5.43. The number of likely N-dealkylation sites (tertiary alicyclic amines) is 1. The first-order valence-corrected chi connectivity index (χ1v) is 7.17. The molecule has 0 N–H and O–H groups in total. The van der Waals surface area contributed by atoms with Crippen molar-refractivity contribution in [2.24, 2.45) is 0 Å². The zero-order valence-corrected chi connectivity index (χ0v) is 12.1. The molecule has 2 rings (SSSR count). The minimum atomic E-state index is -0.176. The van der Waals surface area contributed by atoms with Crippen LogP contribution in [-0.4, -0.2) is 30.7 Å². The molecule has 3 nitrogen and oxygen atoms in total. The van der Waals surface area contributed by atoms with Crippen molar-refractivity contribution < 1.29 is 9.53 Å². The Kier molecular flexibility index (Phi) is 4.64. The Bertz CT molecular complexity index is 414. The Hall–Kier alpha value is -1.03. The van der Waals surface area contributed by atoms with Crippen LogP contribution in [0.15, 0.2) is 28.7 Å². The van der Waals surface area contributed by atoms with Crippen molar-refractivity contribution in [3.8, 4) is 0 Å². The Morgan fingerprint density at radius 1 is 1.44 bits per heavy atom. The van der Waals surface area contributed by atoms with Crippen molar-refractivity contribution in [3.05, 3.63) is 34.3 Å². The summed E-state index contributed by atoms with van der Waals surface area (Å²) in [5.74, 6) is 0.549. The van der Waals surface area contributed by atoms with Gasteiger partial charge in [-0.1, -0.05) is 28.1 Å². The molecule has 0 radical (unpaired) electrons. The Morgan fingerprint density at radius 3 is 2.78 bits per heavy atom. The highest BCUT2D eigenvalue weighted by Crippen LogP contribution is 2.29. The van der Waals surface area contributed by atoms with Crippen molar-refractivity contribution in [1.29, 1.82) is 0 Å². The Labute approximate surface area is 116 Å². The third-order valence-electron chi connectivity index (χ3n) is 3.34. The van der Waals surface area contributed by atoms with Crippen LogP contribution in [0.4, 0.5) is 4.79 Å². The lowest BCUT2D eigenvalue weighted by atomic mass is 9.90. The largest absolute Gasteiger partial charge is 0.450 e. The number of nitrogens with zero attached hydrogens (tertiary/aromatic N) is 1. The van der Waals surface area contributed by atoms with Gasteiger partial charge in [0.25, 0.3) is 0 Å². The van der Waals surface area contributed by atoms with E-state index in [1.165, 1.54) is 5.56 Å². The zero-order chi connectivity index (χ0) is 13.0. The van der Waals surface area contributed by atoms with Gasteiger partial charge in [-0.05, 0) is 43.4 Å². The van der Waals surface area contributed by atoms with Crippen LogP contribution in [0.3, 0.4) is 0 Å². The number of piperidine rings is 1. The molecule has 1 saturated heterocycles. The lowest BCUT2D eigenvalue weighted by Gasteiger charge is -2.31. The van der Waals surface area contributed by atoms with E-state index in [-0.39, 0.29) is 6.09 Å². The van der Waals surface area contributed by atoms with Crippen LogP contribution < -0.4 is 0 Å². The van der Waals surface area contributed by atoms with Crippen molar-refractivity contribution >= 4 is 22.0 Å². The first-order valence-electron chi connectivity index (χ1n) is 6.38. The monoisotopic (exact) mass is 311 g/mol. The fourth-order valence-corrected chi connectivity index (χ4v) is 2.79. The van der Waals surface area contributed by atoms with Gasteiger partial charge in [-0.3, -0.25) is 0 Å². The molecule has 0 spiro atoms. The number of hydrogen-bond donors (Lipinski definition) is 0. The maximum Gasteiger partial charge on any atom is 0.409 e. The van der Waals surface area contributed by atoms with Gasteiger partial charge >= 0.3 is 6.09 Å². The van der Waals surface area contributed by atoms with Crippen molar-refractivity contribution in [3.63, 3.8) is 0 Å². The highest BCUT2D eigenvalue weighted by molar-refractivity contribution is 9.10. The van der Waals surface area contributed by atoms with E-state index in [0.29, 0.717) is 12.5 Å². The number of rotatable bonds is 2. The second-order valence-electron chi connectivity index (χ2n) is 4.52. The lowest BCUT2D eigenvalue weighted by molar-refractivity contribution is 0.0971. The maximum atomic E-state index is 11.6. The summed E-state index contributed by atoms with van der Waals surface area (Å²) >= 11 is 3.50. The molecule has 4 heteroatoms. The van der Waals surface area contributed by atoms with Gasteiger partial charge in [0.1, 0.15) is 0 Å². The van der Waals surface area contributed by atoms with Crippen LogP contribution in [0.1, 0.15) is 31.2 Å². The first kappa shape index (κ1) is 13.4. The minimum absolute atomic E-state index is 0.176. The summed E-state index contributed by atoms with van der Waals surface area (Å²) < 4.78 is 6.14. The lowest BCUT2D eigenvalue weighted by Crippen LogP contribution is -2.38. The van der Waals surface area contributed by atoms with Gasteiger partial charge in [0.2, 0.25) is 0 Å². The number of ether oxygens (including phenoxy) is 1. The van der Waals surface area contributed by atoms with Gasteiger partial charge in [-0.25, -0.2) is 4.79 Å². The number of amides is 1. The van der Waals surface area contributed by atoms with Crippen molar-refractivity contribution in [2.45, 2.75) is 25.7 Å². The van der Waals surface area contributed by atoms with Gasteiger partial charge in [-0.15, -0.1) is 0 Å². The van der Waals surface area contributed by atoms with E-state index in [2.05, 4.69) is 34.1 Å². The number of benzene rings is 1. The summed E-state index contributed by atoms with van der Waals surface area (Å²) in [6.45, 7) is 3.86. The number of halogens is 1. The summed E-state index contributed by atoms with van der Waals surface area (Å²) in [4.78, 5) is 13.4. The molecule has 1 heterocycles. The van der Waals surface area contributed by atoms with Gasteiger partial charge in [-0.2, -0.15) is 0 Å². The van der Waals surface area contributed by atoms with E-state index < -0.39 is 0 Å². The smallest absolute Gasteiger partial charge is 0.409 e. The van der Waals surface area contributed by atoms with Crippen molar-refractivity contribution in [2.75, 3.05) is 19.7 Å². The Balaban J connectivity index is 1.92. The van der Waals surface area contributed by atoms with Crippen molar-refractivity contribution in [1.82, 2.24) is 4.90 Å². The maximum absolute atomic E-state index is 11.6. The van der Waals surface area contributed by atoms with Crippen LogP contribution in [0.25, 0.3) is 0 Å². The number of hydrogen-bond acceptors (Lipinski definition) is 2. The van der Waals surface area contributed by atoms with E-state index in [1.54, 1.807) is 4.90 Å². The van der Waals surface area contributed by atoms with Gasteiger partial charge in [0, 0.05) is 17.6 Å². The molecule has 1 amide bonds. The molecule has 98 valence electrons. The van der Waals surface area contributed by atoms with Crippen LogP contribution in [-0.2, 0) is 4.74 Å². The fraction of sp³-hybridized carbons (Fsp3) is 0.500. The quantitative estimate of drug-likeness (QED) is 0.831.